The minimum atomic E-state index is -0.644. The molecule has 92 valence electrons. The minimum Gasteiger partial charge on any atom is -0.491 e. The van der Waals surface area contributed by atoms with Crippen LogP contribution in [0.1, 0.15) is 38.5 Å². The van der Waals surface area contributed by atoms with Crippen LogP contribution in [0, 0.1) is 0 Å². The fourth-order valence-electron chi connectivity index (χ4n) is 2.21. The van der Waals surface area contributed by atoms with Crippen molar-refractivity contribution in [3.05, 3.63) is 24.0 Å². The topological polar surface area (TPSA) is 64.7 Å². The van der Waals surface area contributed by atoms with Crippen LogP contribution in [0.3, 0.4) is 0 Å². The van der Waals surface area contributed by atoms with Crippen LogP contribution in [0.2, 0.25) is 0 Å². The number of rotatable bonds is 2. The number of urea groups is 1. The third kappa shape index (κ3) is 3.73. The number of ether oxygens (including phenoxy) is 1. The Balaban J connectivity index is 1.86. The van der Waals surface area contributed by atoms with E-state index in [2.05, 4.69) is 4.99 Å². The molecule has 1 saturated carbocycles. The second kappa shape index (κ2) is 5.66. The zero-order chi connectivity index (χ0) is 12.1. The maximum atomic E-state index is 10.6. The highest BCUT2D eigenvalue weighted by Gasteiger charge is 2.16. The van der Waals surface area contributed by atoms with Gasteiger partial charge in [-0.2, -0.15) is 4.99 Å². The first-order chi connectivity index (χ1) is 8.24. The van der Waals surface area contributed by atoms with Crippen molar-refractivity contribution in [2.45, 2.75) is 44.6 Å². The molecule has 0 aromatic carbocycles. The maximum absolute atomic E-state index is 10.6. The molecule has 0 spiro atoms. The lowest BCUT2D eigenvalue weighted by molar-refractivity contribution is 0.0894. The summed E-state index contributed by atoms with van der Waals surface area (Å²) in [5, 5.41) is 0. The normalized spacial score (nSPS) is 23.5. The molecule has 0 aliphatic heterocycles. The molecule has 0 aromatic heterocycles. The first-order valence-corrected chi connectivity index (χ1v) is 6.16. The molecule has 0 atom stereocenters. The van der Waals surface area contributed by atoms with Crippen molar-refractivity contribution in [2.75, 3.05) is 0 Å². The van der Waals surface area contributed by atoms with Crippen molar-refractivity contribution < 1.29 is 9.53 Å². The number of nitrogens with two attached hydrogens (primary N) is 1. The molecule has 17 heavy (non-hydrogen) atoms. The Morgan fingerprint density at radius 1 is 1.29 bits per heavy atom. The maximum Gasteiger partial charge on any atom is 0.338 e. The second-order valence-corrected chi connectivity index (χ2v) is 4.46. The van der Waals surface area contributed by atoms with Gasteiger partial charge in [0.05, 0.1) is 11.8 Å². The molecule has 2 aliphatic rings. The lowest BCUT2D eigenvalue weighted by Gasteiger charge is -2.24. The van der Waals surface area contributed by atoms with Gasteiger partial charge in [0.2, 0.25) is 0 Å². The Hall–Kier alpha value is -1.58. The molecule has 0 heterocycles. The first-order valence-electron chi connectivity index (χ1n) is 6.16. The van der Waals surface area contributed by atoms with Gasteiger partial charge in [-0.25, -0.2) is 4.79 Å². The molecule has 4 heteroatoms. The highest BCUT2D eigenvalue weighted by molar-refractivity contribution is 6.03. The van der Waals surface area contributed by atoms with Gasteiger partial charge in [0, 0.05) is 6.42 Å². The van der Waals surface area contributed by atoms with Crippen molar-refractivity contribution >= 4 is 11.7 Å². The Morgan fingerprint density at radius 3 is 2.65 bits per heavy atom. The lowest BCUT2D eigenvalue weighted by atomic mass is 9.97. The zero-order valence-electron chi connectivity index (χ0n) is 9.89. The number of allylic oxidation sites excluding steroid dienone is 3. The molecule has 2 aliphatic carbocycles. The quantitative estimate of drug-likeness (QED) is 0.798. The van der Waals surface area contributed by atoms with Gasteiger partial charge in [-0.05, 0) is 43.9 Å². The van der Waals surface area contributed by atoms with E-state index in [0.717, 1.165) is 18.6 Å². The average Bonchev–Trinajstić information content (AvgIpc) is 2.32. The van der Waals surface area contributed by atoms with Crippen molar-refractivity contribution in [1.82, 2.24) is 0 Å². The number of hydrogen-bond acceptors (Lipinski definition) is 2. The Bertz CT molecular complexity index is 377. The zero-order valence-corrected chi connectivity index (χ0v) is 9.89. The first kappa shape index (κ1) is 11.9. The summed E-state index contributed by atoms with van der Waals surface area (Å²) in [6.45, 7) is 0. The summed E-state index contributed by atoms with van der Waals surface area (Å²) in [7, 11) is 0. The summed E-state index contributed by atoms with van der Waals surface area (Å²) in [6.07, 6.45) is 12.7. The van der Waals surface area contributed by atoms with Gasteiger partial charge in [-0.3, -0.25) is 0 Å². The summed E-state index contributed by atoms with van der Waals surface area (Å²) in [5.74, 6) is 0.889. The third-order valence-electron chi connectivity index (χ3n) is 3.06. The van der Waals surface area contributed by atoms with Gasteiger partial charge in [-0.1, -0.05) is 6.42 Å². The van der Waals surface area contributed by atoms with E-state index in [1.54, 1.807) is 6.08 Å². The highest BCUT2D eigenvalue weighted by Crippen LogP contribution is 2.23. The van der Waals surface area contributed by atoms with E-state index >= 15 is 0 Å². The van der Waals surface area contributed by atoms with Crippen molar-refractivity contribution in [1.29, 1.82) is 0 Å². The van der Waals surface area contributed by atoms with Crippen LogP contribution < -0.4 is 5.73 Å². The molecule has 1 fully saturated rings. The number of amides is 2. The average molecular weight is 234 g/mol. The fourth-order valence-corrected chi connectivity index (χ4v) is 2.21. The van der Waals surface area contributed by atoms with Crippen LogP contribution >= 0.6 is 0 Å². The van der Waals surface area contributed by atoms with E-state index in [9.17, 15) is 4.79 Å². The minimum absolute atomic E-state index is 0.356. The number of primary amides is 1. The lowest BCUT2D eigenvalue weighted by Crippen LogP contribution is -2.17. The number of hydrogen-bond donors (Lipinski definition) is 1. The van der Waals surface area contributed by atoms with Crippen LogP contribution in [-0.4, -0.2) is 17.8 Å². The second-order valence-electron chi connectivity index (χ2n) is 4.46. The standard InChI is InChI=1S/C13H18N2O2/c14-13(16)15-10-6-8-12(9-7-10)17-11-4-2-1-3-5-11/h6,8-9,11H,1-5,7H2,(H2,14,16). The summed E-state index contributed by atoms with van der Waals surface area (Å²) in [4.78, 5) is 14.3. The summed E-state index contributed by atoms with van der Waals surface area (Å²) < 4.78 is 5.89. The van der Waals surface area contributed by atoms with Gasteiger partial charge in [0.25, 0.3) is 0 Å². The Labute approximate surface area is 101 Å². The molecule has 2 rings (SSSR count). The SMILES string of the molecule is NC(=O)N=C1C=CC(OC2CCCCC2)=CC1. The molecule has 2 N–H and O–H groups in total. The van der Waals surface area contributed by atoms with E-state index in [-0.39, 0.29) is 0 Å². The van der Waals surface area contributed by atoms with Gasteiger partial charge < -0.3 is 10.5 Å². The molecular formula is C13H18N2O2. The number of aliphatic imine (C=N–C) groups is 1. The molecule has 4 nitrogen and oxygen atoms in total. The Kier molecular flexibility index (Phi) is 3.96. The molecule has 0 aromatic rings. The summed E-state index contributed by atoms with van der Waals surface area (Å²) in [5.41, 5.74) is 5.68. The van der Waals surface area contributed by atoms with Crippen LogP contribution in [0.25, 0.3) is 0 Å². The largest absolute Gasteiger partial charge is 0.491 e. The van der Waals surface area contributed by atoms with Crippen molar-refractivity contribution in [3.63, 3.8) is 0 Å². The van der Waals surface area contributed by atoms with Crippen LogP contribution in [0.4, 0.5) is 4.79 Å². The smallest absolute Gasteiger partial charge is 0.338 e. The fraction of sp³-hybridized carbons (Fsp3) is 0.538. The van der Waals surface area contributed by atoms with Crippen molar-refractivity contribution in [3.8, 4) is 0 Å². The highest BCUT2D eigenvalue weighted by atomic mass is 16.5. The number of carbonyl (C=O) groups is 1. The molecule has 0 radical (unpaired) electrons. The third-order valence-corrected chi connectivity index (χ3v) is 3.06. The van der Waals surface area contributed by atoms with E-state index < -0.39 is 6.03 Å². The van der Waals surface area contributed by atoms with Gasteiger partial charge in [0.1, 0.15) is 5.76 Å². The van der Waals surface area contributed by atoms with Crippen molar-refractivity contribution in [2.24, 2.45) is 10.7 Å². The van der Waals surface area contributed by atoms with Crippen LogP contribution in [0.5, 0.6) is 0 Å². The predicted molar refractivity (Wildman–Crippen MR) is 66.8 cm³/mol. The van der Waals surface area contributed by atoms with E-state index in [1.807, 2.05) is 12.2 Å². The van der Waals surface area contributed by atoms with E-state index in [4.69, 9.17) is 10.5 Å². The van der Waals surface area contributed by atoms with Gasteiger partial charge in [-0.15, -0.1) is 0 Å². The summed E-state index contributed by atoms with van der Waals surface area (Å²) >= 11 is 0. The van der Waals surface area contributed by atoms with Gasteiger partial charge >= 0.3 is 6.03 Å². The van der Waals surface area contributed by atoms with E-state index in [0.29, 0.717) is 18.2 Å². The molecule has 2 amide bonds. The molecular weight excluding hydrogens is 216 g/mol. The van der Waals surface area contributed by atoms with Gasteiger partial charge in [0.15, 0.2) is 0 Å². The number of carbonyl (C=O) groups excluding carboxylic acids is 1. The predicted octanol–water partition coefficient (Wildman–Crippen LogP) is 2.70. The number of nitrogens with zero attached hydrogens (tertiary/aromatic N) is 1. The molecule has 0 bridgehead atoms. The molecule has 0 unspecified atom stereocenters. The molecule has 0 saturated heterocycles. The summed E-state index contributed by atoms with van der Waals surface area (Å²) in [6, 6.07) is -0.644. The van der Waals surface area contributed by atoms with E-state index in [1.165, 1.54) is 19.3 Å². The van der Waals surface area contributed by atoms with Crippen LogP contribution in [0.15, 0.2) is 29.0 Å². The monoisotopic (exact) mass is 234 g/mol. The van der Waals surface area contributed by atoms with Crippen LogP contribution in [-0.2, 0) is 4.74 Å². The Morgan fingerprint density at radius 2 is 2.06 bits per heavy atom.